The number of nitrogens with zero attached hydrogens (tertiary/aromatic N) is 1. The quantitative estimate of drug-likeness (QED) is 0.214. The second kappa shape index (κ2) is 14.7. The molecular weight excluding hydrogens is 470 g/mol. The van der Waals surface area contributed by atoms with Gasteiger partial charge in [0.25, 0.3) is 0 Å². The van der Waals surface area contributed by atoms with E-state index in [2.05, 4.69) is 48.8 Å². The summed E-state index contributed by atoms with van der Waals surface area (Å²) >= 11 is 5.83. The summed E-state index contributed by atoms with van der Waals surface area (Å²) in [5.41, 5.74) is 7.19. The Hall–Kier alpha value is -1.68. The highest BCUT2D eigenvalue weighted by molar-refractivity contribution is 7.98. The third-order valence-corrected chi connectivity index (χ3v) is 6.93. The molecule has 0 unspecified atom stereocenters. The number of hydrogen-bond acceptors (Lipinski definition) is 8. The Morgan fingerprint density at radius 1 is 1.32 bits per heavy atom. The molecule has 1 saturated heterocycles. The van der Waals surface area contributed by atoms with E-state index in [9.17, 15) is 9.59 Å². The minimum atomic E-state index is -0.663. The molecule has 1 heterocycles. The van der Waals surface area contributed by atoms with Crippen molar-refractivity contribution in [1.29, 1.82) is 0 Å². The lowest BCUT2D eigenvalue weighted by Gasteiger charge is -2.24. The van der Waals surface area contributed by atoms with Crippen LogP contribution >= 0.6 is 24.4 Å². The molecule has 0 spiro atoms. The van der Waals surface area contributed by atoms with Crippen LogP contribution in [0.25, 0.3) is 0 Å². The molecule has 0 saturated carbocycles. The third-order valence-electron chi connectivity index (χ3n) is 5.86. The number of benzene rings is 1. The molecule has 1 aliphatic heterocycles. The lowest BCUT2D eigenvalue weighted by molar-refractivity contribution is -0.145. The number of nitrogens with two attached hydrogens (primary N) is 1. The van der Waals surface area contributed by atoms with Crippen LogP contribution in [0.3, 0.4) is 0 Å². The maximum absolute atomic E-state index is 13.2. The number of ether oxygens (including phenoxy) is 2. The monoisotopic (exact) mass is 509 g/mol. The average Bonchev–Trinajstić information content (AvgIpc) is 3.23. The Balaban J connectivity index is 2.11. The van der Waals surface area contributed by atoms with Gasteiger partial charge in [-0.2, -0.15) is 24.4 Å². The minimum absolute atomic E-state index is 0.139. The standard InChI is InChI=1S/C25H39N3O4S2/c1-17(2)18-7-9-20(10-8-18)32-21-14-23(28(15-21)12-5-6-19(26)16-33)24(29)27-22(11-13-34-4)25(30)31-3/h5-10,17,19,21-23,33H,11-16,26H2,1-4H3,(H,27,29)/b6-5+/t19-,21+,22+,23+/m1/s1. The molecule has 1 fully saturated rings. The molecule has 9 heteroatoms. The van der Waals surface area contributed by atoms with Crippen LogP contribution in [0.4, 0.5) is 0 Å². The molecule has 1 aliphatic rings. The maximum Gasteiger partial charge on any atom is 0.328 e. The van der Waals surface area contributed by atoms with Gasteiger partial charge in [-0.15, -0.1) is 0 Å². The van der Waals surface area contributed by atoms with Crippen molar-refractivity contribution in [3.05, 3.63) is 42.0 Å². The van der Waals surface area contributed by atoms with Crippen molar-refractivity contribution in [1.82, 2.24) is 10.2 Å². The zero-order chi connectivity index (χ0) is 25.1. The highest BCUT2D eigenvalue weighted by Gasteiger charge is 2.38. The van der Waals surface area contributed by atoms with Gasteiger partial charge in [0.2, 0.25) is 5.91 Å². The molecule has 2 rings (SSSR count). The number of nitrogens with one attached hydrogen (secondary N) is 1. The van der Waals surface area contributed by atoms with Gasteiger partial charge in [-0.25, -0.2) is 4.79 Å². The first-order chi connectivity index (χ1) is 16.3. The first-order valence-electron chi connectivity index (χ1n) is 11.7. The van der Waals surface area contributed by atoms with E-state index in [1.165, 1.54) is 12.7 Å². The van der Waals surface area contributed by atoms with E-state index >= 15 is 0 Å². The number of carbonyl (C=O) groups is 2. The van der Waals surface area contributed by atoms with Crippen LogP contribution in [0, 0.1) is 0 Å². The lowest BCUT2D eigenvalue weighted by atomic mass is 10.0. The van der Waals surface area contributed by atoms with Crippen LogP contribution in [0.15, 0.2) is 36.4 Å². The number of likely N-dealkylation sites (tertiary alicyclic amines) is 1. The fourth-order valence-corrected chi connectivity index (χ4v) is 4.47. The van der Waals surface area contributed by atoms with E-state index in [1.54, 1.807) is 11.8 Å². The molecule has 34 heavy (non-hydrogen) atoms. The second-order valence-electron chi connectivity index (χ2n) is 8.81. The van der Waals surface area contributed by atoms with Crippen molar-refractivity contribution < 1.29 is 19.1 Å². The largest absolute Gasteiger partial charge is 0.489 e. The Morgan fingerprint density at radius 3 is 2.62 bits per heavy atom. The molecule has 4 atom stereocenters. The molecule has 0 radical (unpaired) electrons. The van der Waals surface area contributed by atoms with Crippen LogP contribution in [-0.4, -0.2) is 79.0 Å². The van der Waals surface area contributed by atoms with Crippen molar-refractivity contribution in [2.45, 2.75) is 56.8 Å². The van der Waals surface area contributed by atoms with Crippen LogP contribution in [0.5, 0.6) is 5.75 Å². The van der Waals surface area contributed by atoms with Gasteiger partial charge in [0.15, 0.2) is 0 Å². The molecule has 1 aromatic carbocycles. The Morgan fingerprint density at radius 2 is 2.03 bits per heavy atom. The topological polar surface area (TPSA) is 93.9 Å². The van der Waals surface area contributed by atoms with E-state index in [0.717, 1.165) is 11.5 Å². The van der Waals surface area contributed by atoms with Gasteiger partial charge < -0.3 is 20.5 Å². The van der Waals surface area contributed by atoms with Crippen molar-refractivity contribution in [2.75, 3.05) is 38.0 Å². The van der Waals surface area contributed by atoms with E-state index in [4.69, 9.17) is 15.2 Å². The molecule has 3 N–H and O–H groups in total. The van der Waals surface area contributed by atoms with E-state index in [1.807, 2.05) is 30.5 Å². The Kier molecular flexibility index (Phi) is 12.3. The van der Waals surface area contributed by atoms with Crippen molar-refractivity contribution in [3.8, 4) is 5.75 Å². The van der Waals surface area contributed by atoms with E-state index in [0.29, 0.717) is 37.6 Å². The van der Waals surface area contributed by atoms with Gasteiger partial charge in [0.1, 0.15) is 17.9 Å². The molecule has 190 valence electrons. The highest BCUT2D eigenvalue weighted by atomic mass is 32.2. The number of esters is 1. The van der Waals surface area contributed by atoms with E-state index in [-0.39, 0.29) is 18.1 Å². The van der Waals surface area contributed by atoms with Crippen molar-refractivity contribution in [3.63, 3.8) is 0 Å². The summed E-state index contributed by atoms with van der Waals surface area (Å²) in [6.45, 7) is 5.46. The molecule has 0 aromatic heterocycles. The smallest absolute Gasteiger partial charge is 0.328 e. The zero-order valence-electron chi connectivity index (χ0n) is 20.6. The predicted molar refractivity (Wildman–Crippen MR) is 143 cm³/mol. The number of methoxy groups -OCH3 is 1. The van der Waals surface area contributed by atoms with Gasteiger partial charge in [-0.1, -0.05) is 38.1 Å². The maximum atomic E-state index is 13.2. The lowest BCUT2D eigenvalue weighted by Crippen LogP contribution is -2.50. The summed E-state index contributed by atoms with van der Waals surface area (Å²) in [6, 6.07) is 6.89. The van der Waals surface area contributed by atoms with Crippen LogP contribution in [-0.2, 0) is 14.3 Å². The Bertz CT molecular complexity index is 804. The summed E-state index contributed by atoms with van der Waals surface area (Å²) in [4.78, 5) is 27.5. The minimum Gasteiger partial charge on any atom is -0.489 e. The molecule has 0 bridgehead atoms. The number of hydrogen-bond donors (Lipinski definition) is 3. The summed E-state index contributed by atoms with van der Waals surface area (Å²) in [6.07, 6.45) is 6.73. The second-order valence-corrected chi connectivity index (χ2v) is 10.2. The first-order valence-corrected chi connectivity index (χ1v) is 13.7. The summed E-state index contributed by atoms with van der Waals surface area (Å²) in [7, 11) is 1.34. The van der Waals surface area contributed by atoms with Gasteiger partial charge in [0.05, 0.1) is 13.2 Å². The fraction of sp³-hybridized carbons (Fsp3) is 0.600. The number of rotatable bonds is 13. The van der Waals surface area contributed by atoms with E-state index < -0.39 is 18.1 Å². The fourth-order valence-electron chi connectivity index (χ4n) is 3.87. The molecule has 0 aliphatic carbocycles. The summed E-state index contributed by atoms with van der Waals surface area (Å²) < 4.78 is 11.1. The Labute approximate surface area is 213 Å². The highest BCUT2D eigenvalue weighted by Crippen LogP contribution is 2.25. The molecule has 7 nitrogen and oxygen atoms in total. The SMILES string of the molecule is COC(=O)[C@H](CCSC)NC(=O)[C@@H]1C[C@H](Oc2ccc(C(C)C)cc2)CN1C/C=C/[C@@H](N)CS. The third kappa shape index (κ3) is 8.83. The first kappa shape index (κ1) is 28.6. The predicted octanol–water partition coefficient (Wildman–Crippen LogP) is 2.86. The zero-order valence-corrected chi connectivity index (χ0v) is 22.3. The van der Waals surface area contributed by atoms with Crippen molar-refractivity contribution >= 4 is 36.3 Å². The summed E-state index contributed by atoms with van der Waals surface area (Å²) in [5, 5.41) is 2.90. The van der Waals surface area contributed by atoms with Crippen molar-refractivity contribution in [2.24, 2.45) is 5.73 Å². The van der Waals surface area contributed by atoms with Gasteiger partial charge in [-0.05, 0) is 42.0 Å². The van der Waals surface area contributed by atoms with Crippen LogP contribution in [0.2, 0.25) is 0 Å². The molecule has 1 amide bonds. The average molecular weight is 510 g/mol. The molecule has 1 aromatic rings. The number of thioether (sulfide) groups is 1. The number of amides is 1. The number of carbonyl (C=O) groups excluding carboxylic acids is 2. The van der Waals surface area contributed by atoms with Gasteiger partial charge >= 0.3 is 5.97 Å². The normalized spacial score (nSPS) is 20.4. The van der Waals surface area contributed by atoms with Gasteiger partial charge in [-0.3, -0.25) is 9.69 Å². The van der Waals surface area contributed by atoms with Crippen LogP contribution < -0.4 is 15.8 Å². The van der Waals surface area contributed by atoms with Gasteiger partial charge in [0, 0.05) is 31.3 Å². The van der Waals surface area contributed by atoms with Crippen LogP contribution in [0.1, 0.15) is 38.2 Å². The number of thiol groups is 1. The summed E-state index contributed by atoms with van der Waals surface area (Å²) in [5.74, 6) is 1.92. The molecular formula is C25H39N3O4S2.